The highest BCUT2D eigenvalue weighted by Gasteiger charge is 2.38. The number of halogens is 2. The lowest BCUT2D eigenvalue weighted by molar-refractivity contribution is 0.462. The van der Waals surface area contributed by atoms with Crippen molar-refractivity contribution in [3.63, 3.8) is 0 Å². The van der Waals surface area contributed by atoms with Gasteiger partial charge >= 0.3 is 0 Å². The molecule has 0 amide bonds. The molecule has 0 saturated carbocycles. The molecular weight excluding hydrogens is 170 g/mol. The molecule has 1 aromatic rings. The second kappa shape index (κ2) is 2.41. The van der Waals surface area contributed by atoms with E-state index in [0.29, 0.717) is 5.56 Å². The van der Waals surface area contributed by atoms with Gasteiger partial charge in [-0.25, -0.2) is 8.78 Å². The molecule has 0 nitrogen and oxygen atoms in total. The van der Waals surface area contributed by atoms with Gasteiger partial charge in [0.05, 0.1) is 0 Å². The van der Waals surface area contributed by atoms with Crippen LogP contribution in [-0.4, -0.2) is 0 Å². The summed E-state index contributed by atoms with van der Waals surface area (Å²) in [5, 5.41) is 0. The van der Waals surface area contributed by atoms with Crippen LogP contribution in [0.25, 0.3) is 5.83 Å². The van der Waals surface area contributed by atoms with Gasteiger partial charge in [-0.05, 0) is 19.4 Å². The summed E-state index contributed by atoms with van der Waals surface area (Å²) in [5.41, 5.74) is 0.315. The van der Waals surface area contributed by atoms with Crippen molar-refractivity contribution in [1.29, 1.82) is 0 Å². The van der Waals surface area contributed by atoms with E-state index in [2.05, 4.69) is 0 Å². The minimum atomic E-state index is -0.805. The fourth-order valence-electron chi connectivity index (χ4n) is 1.73. The molecule has 1 aliphatic carbocycles. The Balaban J connectivity index is 2.74. The first kappa shape index (κ1) is 8.42. The van der Waals surface area contributed by atoms with Crippen LogP contribution < -0.4 is 0 Å². The molecule has 0 fully saturated rings. The van der Waals surface area contributed by atoms with Gasteiger partial charge in [0.15, 0.2) is 5.83 Å². The third kappa shape index (κ3) is 0.947. The number of fused-ring (bicyclic) bond motifs is 1. The van der Waals surface area contributed by atoms with Crippen LogP contribution in [0.4, 0.5) is 8.78 Å². The van der Waals surface area contributed by atoms with Gasteiger partial charge in [0, 0.05) is 11.0 Å². The van der Waals surface area contributed by atoms with Crippen LogP contribution in [0.15, 0.2) is 30.1 Å². The summed E-state index contributed by atoms with van der Waals surface area (Å²) in [4.78, 5) is 0. The van der Waals surface area contributed by atoms with E-state index in [0.717, 1.165) is 5.56 Å². The standard InChI is InChI=1S/C11H10F2/c1-11(2)8-6-4-3-5-7(8)9(12)10(11)13/h3-6H,1-2H3. The average molecular weight is 180 g/mol. The number of hydrogen-bond donors (Lipinski definition) is 0. The molecule has 0 unspecified atom stereocenters. The summed E-state index contributed by atoms with van der Waals surface area (Å²) in [6.45, 7) is 3.38. The SMILES string of the molecule is CC1(C)C(F)=C(F)c2ccccc21. The Morgan fingerprint density at radius 2 is 1.69 bits per heavy atom. The fraction of sp³-hybridized carbons (Fsp3) is 0.273. The predicted molar refractivity (Wildman–Crippen MR) is 48.6 cm³/mol. The monoisotopic (exact) mass is 180 g/mol. The third-order valence-corrected chi connectivity index (χ3v) is 2.58. The first-order chi connectivity index (χ1) is 6.05. The van der Waals surface area contributed by atoms with Crippen LogP contribution in [-0.2, 0) is 5.41 Å². The van der Waals surface area contributed by atoms with E-state index in [9.17, 15) is 8.78 Å². The van der Waals surface area contributed by atoms with Crippen LogP contribution >= 0.6 is 0 Å². The normalized spacial score (nSPS) is 19.1. The van der Waals surface area contributed by atoms with Crippen molar-refractivity contribution in [2.24, 2.45) is 0 Å². The van der Waals surface area contributed by atoms with Crippen LogP contribution in [0.2, 0.25) is 0 Å². The summed E-state index contributed by atoms with van der Waals surface area (Å²) in [7, 11) is 0. The van der Waals surface area contributed by atoms with Crippen LogP contribution in [0.5, 0.6) is 0 Å². The Morgan fingerprint density at radius 3 is 2.31 bits per heavy atom. The minimum Gasteiger partial charge on any atom is -0.208 e. The second-order valence-corrected chi connectivity index (χ2v) is 3.80. The molecule has 0 bridgehead atoms. The van der Waals surface area contributed by atoms with Crippen LogP contribution in [0.3, 0.4) is 0 Å². The van der Waals surface area contributed by atoms with Crippen molar-refractivity contribution in [3.8, 4) is 0 Å². The molecule has 68 valence electrons. The number of allylic oxidation sites excluding steroid dienone is 1. The highest BCUT2D eigenvalue weighted by Crippen LogP contribution is 2.46. The maximum atomic E-state index is 13.4. The molecule has 0 heterocycles. The lowest BCUT2D eigenvalue weighted by Gasteiger charge is -2.18. The first-order valence-electron chi connectivity index (χ1n) is 4.21. The molecule has 0 spiro atoms. The van der Waals surface area contributed by atoms with Gasteiger partial charge in [-0.1, -0.05) is 24.3 Å². The molecule has 0 atom stereocenters. The maximum Gasteiger partial charge on any atom is 0.163 e. The molecule has 0 aromatic heterocycles. The summed E-state index contributed by atoms with van der Waals surface area (Å²) >= 11 is 0. The lowest BCUT2D eigenvalue weighted by atomic mass is 9.86. The van der Waals surface area contributed by atoms with E-state index < -0.39 is 17.1 Å². The first-order valence-corrected chi connectivity index (χ1v) is 4.21. The number of benzene rings is 1. The zero-order valence-electron chi connectivity index (χ0n) is 7.57. The van der Waals surface area contributed by atoms with Crippen molar-refractivity contribution in [2.45, 2.75) is 19.3 Å². The van der Waals surface area contributed by atoms with Gasteiger partial charge in [-0.2, -0.15) is 0 Å². The number of hydrogen-bond acceptors (Lipinski definition) is 0. The number of rotatable bonds is 0. The summed E-state index contributed by atoms with van der Waals surface area (Å²) in [6, 6.07) is 6.89. The summed E-state index contributed by atoms with van der Waals surface area (Å²) in [5.74, 6) is -1.37. The third-order valence-electron chi connectivity index (χ3n) is 2.58. The van der Waals surface area contributed by atoms with Gasteiger partial charge in [-0.15, -0.1) is 0 Å². The van der Waals surface area contributed by atoms with Crippen LogP contribution in [0.1, 0.15) is 25.0 Å². The van der Waals surface area contributed by atoms with Crippen molar-refractivity contribution < 1.29 is 8.78 Å². The molecule has 13 heavy (non-hydrogen) atoms. The molecule has 1 aromatic carbocycles. The predicted octanol–water partition coefficient (Wildman–Crippen LogP) is 3.59. The smallest absolute Gasteiger partial charge is 0.163 e. The Kier molecular flexibility index (Phi) is 1.56. The van der Waals surface area contributed by atoms with E-state index in [1.54, 1.807) is 38.1 Å². The summed E-state index contributed by atoms with van der Waals surface area (Å²) in [6.07, 6.45) is 0. The molecular formula is C11H10F2. The highest BCUT2D eigenvalue weighted by atomic mass is 19.2. The van der Waals surface area contributed by atoms with Gasteiger partial charge < -0.3 is 0 Å². The molecule has 2 heteroatoms. The Morgan fingerprint density at radius 1 is 1.08 bits per heavy atom. The largest absolute Gasteiger partial charge is 0.208 e. The molecule has 0 saturated heterocycles. The van der Waals surface area contributed by atoms with E-state index in [-0.39, 0.29) is 0 Å². The van der Waals surface area contributed by atoms with Gasteiger partial charge in [-0.3, -0.25) is 0 Å². The maximum absolute atomic E-state index is 13.4. The second-order valence-electron chi connectivity index (χ2n) is 3.80. The minimum absolute atomic E-state index is 0.394. The Hall–Kier alpha value is -1.18. The van der Waals surface area contributed by atoms with Gasteiger partial charge in [0.25, 0.3) is 0 Å². The van der Waals surface area contributed by atoms with E-state index >= 15 is 0 Å². The topological polar surface area (TPSA) is 0 Å². The van der Waals surface area contributed by atoms with Crippen molar-refractivity contribution >= 4 is 5.83 Å². The fourth-order valence-corrected chi connectivity index (χ4v) is 1.73. The van der Waals surface area contributed by atoms with Gasteiger partial charge in [0.1, 0.15) is 5.83 Å². The molecule has 2 rings (SSSR count). The van der Waals surface area contributed by atoms with Crippen molar-refractivity contribution in [3.05, 3.63) is 41.2 Å². The summed E-state index contributed by atoms with van der Waals surface area (Å²) < 4.78 is 26.7. The molecule has 0 radical (unpaired) electrons. The van der Waals surface area contributed by atoms with Crippen molar-refractivity contribution in [2.75, 3.05) is 0 Å². The average Bonchev–Trinajstić information content (AvgIpc) is 2.30. The molecule has 0 aliphatic heterocycles. The van der Waals surface area contributed by atoms with Crippen LogP contribution in [0, 0.1) is 0 Å². The van der Waals surface area contributed by atoms with E-state index in [1.165, 1.54) is 0 Å². The Labute approximate surface area is 75.9 Å². The Bertz CT molecular complexity index is 389. The molecule has 0 N–H and O–H groups in total. The van der Waals surface area contributed by atoms with Gasteiger partial charge in [0.2, 0.25) is 0 Å². The van der Waals surface area contributed by atoms with E-state index in [4.69, 9.17) is 0 Å². The lowest BCUT2D eigenvalue weighted by Crippen LogP contribution is -2.14. The van der Waals surface area contributed by atoms with E-state index in [1.807, 2.05) is 0 Å². The highest BCUT2D eigenvalue weighted by molar-refractivity contribution is 5.73. The zero-order chi connectivity index (χ0) is 9.64. The van der Waals surface area contributed by atoms with Crippen molar-refractivity contribution in [1.82, 2.24) is 0 Å². The molecule has 1 aliphatic rings. The quantitative estimate of drug-likeness (QED) is 0.572. The zero-order valence-corrected chi connectivity index (χ0v) is 7.57.